The summed E-state index contributed by atoms with van der Waals surface area (Å²) in [5.74, 6) is -0.422. The van der Waals surface area contributed by atoms with Crippen LogP contribution in [0.5, 0.6) is 0 Å². The van der Waals surface area contributed by atoms with E-state index in [-0.39, 0.29) is 11.8 Å². The average molecular weight is 385 g/mol. The Morgan fingerprint density at radius 3 is 2.55 bits per heavy atom. The van der Waals surface area contributed by atoms with Crippen molar-refractivity contribution in [1.82, 2.24) is 15.6 Å². The van der Waals surface area contributed by atoms with Gasteiger partial charge in [-0.25, -0.2) is 0 Å². The molecule has 3 N–H and O–H groups in total. The number of hydrogen-bond acceptors (Lipinski definition) is 2. The minimum atomic E-state index is -0.632. The molecule has 5 nitrogen and oxygen atoms in total. The zero-order valence-corrected chi connectivity index (χ0v) is 16.2. The Bertz CT molecular complexity index is 1180. The monoisotopic (exact) mass is 385 g/mol. The van der Waals surface area contributed by atoms with E-state index in [1.807, 2.05) is 54.7 Å². The number of aromatic nitrogens is 1. The molecule has 0 saturated heterocycles. The third-order valence-electron chi connectivity index (χ3n) is 5.07. The number of hydrogen-bond donors (Lipinski definition) is 3. The Morgan fingerprint density at radius 1 is 0.966 bits per heavy atom. The fourth-order valence-corrected chi connectivity index (χ4v) is 3.64. The van der Waals surface area contributed by atoms with Gasteiger partial charge in [-0.2, -0.15) is 0 Å². The Balaban J connectivity index is 1.48. The molecule has 1 unspecified atom stereocenters. The summed E-state index contributed by atoms with van der Waals surface area (Å²) in [6.45, 7) is 1.84. The van der Waals surface area contributed by atoms with Crippen LogP contribution in [0.2, 0.25) is 0 Å². The van der Waals surface area contributed by atoms with Gasteiger partial charge in [0.15, 0.2) is 0 Å². The highest BCUT2D eigenvalue weighted by atomic mass is 16.2. The van der Waals surface area contributed by atoms with Gasteiger partial charge in [0.25, 0.3) is 0 Å². The van der Waals surface area contributed by atoms with Crippen LogP contribution in [0.1, 0.15) is 18.1 Å². The molecule has 0 fully saturated rings. The summed E-state index contributed by atoms with van der Waals surface area (Å²) in [7, 11) is 0. The SMILES string of the molecule is CC(=O)NC(Cc1c[nH]c2ccccc12)C(=O)NCc1ccc2ccccc2c1. The van der Waals surface area contributed by atoms with Crippen LogP contribution < -0.4 is 10.6 Å². The fraction of sp³-hybridized carbons (Fsp3) is 0.167. The summed E-state index contributed by atoms with van der Waals surface area (Å²) < 4.78 is 0. The van der Waals surface area contributed by atoms with Gasteiger partial charge in [0.2, 0.25) is 11.8 Å². The number of carbonyl (C=O) groups excluding carboxylic acids is 2. The van der Waals surface area contributed by atoms with Crippen LogP contribution in [-0.4, -0.2) is 22.8 Å². The van der Waals surface area contributed by atoms with Gasteiger partial charge < -0.3 is 15.6 Å². The van der Waals surface area contributed by atoms with Crippen molar-refractivity contribution in [2.75, 3.05) is 0 Å². The topological polar surface area (TPSA) is 74.0 Å². The molecule has 146 valence electrons. The van der Waals surface area contributed by atoms with E-state index in [2.05, 4.69) is 33.8 Å². The maximum Gasteiger partial charge on any atom is 0.243 e. The molecule has 0 spiro atoms. The van der Waals surface area contributed by atoms with Gasteiger partial charge in [-0.05, 0) is 34.0 Å². The van der Waals surface area contributed by atoms with Crippen molar-refractivity contribution in [1.29, 1.82) is 0 Å². The molecular weight excluding hydrogens is 362 g/mol. The fourth-order valence-electron chi connectivity index (χ4n) is 3.64. The van der Waals surface area contributed by atoms with Crippen molar-refractivity contribution in [3.05, 3.63) is 84.1 Å². The average Bonchev–Trinajstić information content (AvgIpc) is 3.14. The van der Waals surface area contributed by atoms with E-state index in [0.717, 1.165) is 32.8 Å². The minimum absolute atomic E-state index is 0.196. The lowest BCUT2D eigenvalue weighted by Crippen LogP contribution is -2.47. The van der Waals surface area contributed by atoms with Crippen molar-refractivity contribution >= 4 is 33.5 Å². The molecule has 0 bridgehead atoms. The predicted octanol–water partition coefficient (Wildman–Crippen LogP) is 3.68. The Kier molecular flexibility index (Phi) is 5.29. The van der Waals surface area contributed by atoms with Crippen LogP contribution >= 0.6 is 0 Å². The van der Waals surface area contributed by atoms with Gasteiger partial charge in [-0.15, -0.1) is 0 Å². The summed E-state index contributed by atoms with van der Waals surface area (Å²) in [6.07, 6.45) is 2.32. The molecule has 1 atom stereocenters. The molecule has 0 aliphatic heterocycles. The second-order valence-corrected chi connectivity index (χ2v) is 7.22. The van der Waals surface area contributed by atoms with Crippen molar-refractivity contribution < 1.29 is 9.59 Å². The van der Waals surface area contributed by atoms with Gasteiger partial charge in [-0.1, -0.05) is 54.6 Å². The first-order valence-corrected chi connectivity index (χ1v) is 9.67. The highest BCUT2D eigenvalue weighted by molar-refractivity contribution is 5.89. The van der Waals surface area contributed by atoms with Crippen LogP contribution in [0, 0.1) is 0 Å². The molecular formula is C24H23N3O2. The predicted molar refractivity (Wildman–Crippen MR) is 115 cm³/mol. The Labute approximate surface area is 169 Å². The molecule has 29 heavy (non-hydrogen) atoms. The van der Waals surface area contributed by atoms with E-state index < -0.39 is 6.04 Å². The van der Waals surface area contributed by atoms with E-state index in [0.29, 0.717) is 13.0 Å². The summed E-state index contributed by atoms with van der Waals surface area (Å²) >= 11 is 0. The number of aromatic amines is 1. The number of H-pyrrole nitrogens is 1. The number of benzene rings is 3. The first kappa shape index (κ1) is 18.7. The number of carbonyl (C=O) groups is 2. The molecule has 0 radical (unpaired) electrons. The van der Waals surface area contributed by atoms with E-state index in [1.165, 1.54) is 6.92 Å². The first-order valence-electron chi connectivity index (χ1n) is 9.67. The molecule has 4 rings (SSSR count). The summed E-state index contributed by atoms with van der Waals surface area (Å²) in [4.78, 5) is 27.7. The number of para-hydroxylation sites is 1. The minimum Gasteiger partial charge on any atom is -0.361 e. The largest absolute Gasteiger partial charge is 0.361 e. The first-order chi connectivity index (χ1) is 14.1. The smallest absolute Gasteiger partial charge is 0.243 e. The molecule has 0 aliphatic carbocycles. The molecule has 4 aromatic rings. The Hall–Kier alpha value is -3.60. The highest BCUT2D eigenvalue weighted by Crippen LogP contribution is 2.19. The molecule has 1 aromatic heterocycles. The van der Waals surface area contributed by atoms with E-state index in [1.54, 1.807) is 0 Å². The van der Waals surface area contributed by atoms with Crippen molar-refractivity contribution in [3.63, 3.8) is 0 Å². The van der Waals surface area contributed by atoms with E-state index in [4.69, 9.17) is 0 Å². The summed E-state index contributed by atoms with van der Waals surface area (Å²) in [6, 6.07) is 21.6. The van der Waals surface area contributed by atoms with E-state index >= 15 is 0 Å². The zero-order valence-electron chi connectivity index (χ0n) is 16.2. The zero-order chi connectivity index (χ0) is 20.2. The quantitative estimate of drug-likeness (QED) is 0.474. The Morgan fingerprint density at radius 2 is 1.72 bits per heavy atom. The normalized spacial score (nSPS) is 12.0. The maximum atomic E-state index is 12.8. The number of amides is 2. The molecule has 1 heterocycles. The van der Waals surface area contributed by atoms with Gasteiger partial charge in [0.05, 0.1) is 0 Å². The summed E-state index contributed by atoms with van der Waals surface area (Å²) in [5.41, 5.74) is 3.03. The molecule has 0 saturated carbocycles. The molecule has 2 amide bonds. The second kappa shape index (κ2) is 8.19. The van der Waals surface area contributed by atoms with Gasteiger partial charge in [0, 0.05) is 37.0 Å². The van der Waals surface area contributed by atoms with Crippen molar-refractivity contribution in [2.24, 2.45) is 0 Å². The number of nitrogens with one attached hydrogen (secondary N) is 3. The molecule has 3 aromatic carbocycles. The van der Waals surface area contributed by atoms with Gasteiger partial charge >= 0.3 is 0 Å². The van der Waals surface area contributed by atoms with Gasteiger partial charge in [0.1, 0.15) is 6.04 Å². The van der Waals surface area contributed by atoms with Crippen molar-refractivity contribution in [2.45, 2.75) is 25.9 Å². The highest BCUT2D eigenvalue weighted by Gasteiger charge is 2.21. The van der Waals surface area contributed by atoms with Crippen LogP contribution in [-0.2, 0) is 22.6 Å². The maximum absolute atomic E-state index is 12.8. The third kappa shape index (κ3) is 4.29. The van der Waals surface area contributed by atoms with Gasteiger partial charge in [-0.3, -0.25) is 9.59 Å². The number of rotatable bonds is 6. The molecule has 0 aliphatic rings. The van der Waals surface area contributed by atoms with Crippen LogP contribution in [0.4, 0.5) is 0 Å². The second-order valence-electron chi connectivity index (χ2n) is 7.22. The van der Waals surface area contributed by atoms with Crippen LogP contribution in [0.25, 0.3) is 21.7 Å². The summed E-state index contributed by atoms with van der Waals surface area (Å²) in [5, 5.41) is 9.11. The lowest BCUT2D eigenvalue weighted by Gasteiger charge is -2.17. The number of fused-ring (bicyclic) bond motifs is 2. The van der Waals surface area contributed by atoms with Crippen molar-refractivity contribution in [3.8, 4) is 0 Å². The molecule has 5 heteroatoms. The lowest BCUT2D eigenvalue weighted by atomic mass is 10.0. The van der Waals surface area contributed by atoms with Crippen LogP contribution in [0.15, 0.2) is 72.9 Å². The lowest BCUT2D eigenvalue weighted by molar-refractivity contribution is -0.128. The van der Waals surface area contributed by atoms with E-state index in [9.17, 15) is 9.59 Å². The third-order valence-corrected chi connectivity index (χ3v) is 5.07. The standard InChI is InChI=1S/C24H23N3O2/c1-16(28)27-23(13-20-15-25-22-9-5-4-8-21(20)22)24(29)26-14-17-10-11-18-6-2-3-7-19(18)12-17/h2-12,15,23,25H,13-14H2,1H3,(H,26,29)(H,27,28). The van der Waals surface area contributed by atoms with Crippen LogP contribution in [0.3, 0.4) is 0 Å².